The summed E-state index contributed by atoms with van der Waals surface area (Å²) in [6.45, 7) is 0. The molecule has 1 heterocycles. The molecule has 0 aliphatic carbocycles. The van der Waals surface area contributed by atoms with Gasteiger partial charge in [-0.2, -0.15) is 0 Å². The maximum atomic E-state index is 5.30. The van der Waals surface area contributed by atoms with Crippen LogP contribution in [0.25, 0.3) is 0 Å². The van der Waals surface area contributed by atoms with Crippen LogP contribution >= 0.6 is 0 Å². The van der Waals surface area contributed by atoms with Crippen LogP contribution in [-0.2, 0) is 0 Å². The Hall–Kier alpha value is -1.09. The van der Waals surface area contributed by atoms with Crippen molar-refractivity contribution in [3.05, 3.63) is 24.5 Å². The lowest BCUT2D eigenvalue weighted by Gasteiger charge is -1.83. The maximum Gasteiger partial charge on any atom is 0.0500 e. The second kappa shape index (κ2) is 5.05. The molecule has 50 valence electrons. The van der Waals surface area contributed by atoms with E-state index in [0.29, 0.717) is 5.69 Å². The van der Waals surface area contributed by atoms with Gasteiger partial charge in [0.05, 0.1) is 5.69 Å². The third-order valence-corrected chi connectivity index (χ3v) is 0.684. The average molecular weight is 125 g/mol. The Morgan fingerprint density at radius 1 is 1.44 bits per heavy atom. The molecule has 1 rings (SSSR count). The highest BCUT2D eigenvalue weighted by Gasteiger charge is 1.73. The number of hydrogen-bond donors (Lipinski definition) is 2. The summed E-state index contributed by atoms with van der Waals surface area (Å²) >= 11 is 0. The quantitative estimate of drug-likeness (QED) is 0.522. The largest absolute Gasteiger partial charge is 0.397 e. The third kappa shape index (κ3) is 3.49. The SMILES string of the molecule is CN.Nc1cccnc1. The van der Waals surface area contributed by atoms with Crippen LogP contribution < -0.4 is 11.5 Å². The number of aromatic nitrogens is 1. The number of nitrogens with zero attached hydrogens (tertiary/aromatic N) is 1. The molecule has 0 unspecified atom stereocenters. The van der Waals surface area contributed by atoms with E-state index in [9.17, 15) is 0 Å². The highest BCUT2D eigenvalue weighted by Crippen LogP contribution is 1.92. The average Bonchev–Trinajstić information content (AvgIpc) is 1.94. The van der Waals surface area contributed by atoms with E-state index >= 15 is 0 Å². The van der Waals surface area contributed by atoms with Gasteiger partial charge in [0.15, 0.2) is 0 Å². The van der Waals surface area contributed by atoms with Gasteiger partial charge in [0.1, 0.15) is 0 Å². The predicted molar refractivity (Wildman–Crippen MR) is 38.8 cm³/mol. The standard InChI is InChI=1S/C5H6N2.CH5N/c6-5-2-1-3-7-4-5;1-2/h1-4H,6H2;2H2,1H3. The molecule has 4 N–H and O–H groups in total. The van der Waals surface area contributed by atoms with Crippen LogP contribution in [0.15, 0.2) is 24.5 Å². The fourth-order valence-electron chi connectivity index (χ4n) is 0.376. The molecule has 0 saturated heterocycles. The van der Waals surface area contributed by atoms with Gasteiger partial charge < -0.3 is 11.5 Å². The zero-order valence-electron chi connectivity index (χ0n) is 5.41. The van der Waals surface area contributed by atoms with Gasteiger partial charge in [-0.3, -0.25) is 4.98 Å². The van der Waals surface area contributed by atoms with E-state index in [1.807, 2.05) is 0 Å². The van der Waals surface area contributed by atoms with Crippen molar-refractivity contribution >= 4 is 5.69 Å². The van der Waals surface area contributed by atoms with Crippen LogP contribution in [0.3, 0.4) is 0 Å². The second-order valence-electron chi connectivity index (χ2n) is 1.29. The lowest BCUT2D eigenvalue weighted by Crippen LogP contribution is -1.82. The van der Waals surface area contributed by atoms with Gasteiger partial charge in [-0.1, -0.05) is 0 Å². The minimum absolute atomic E-state index is 0.711. The summed E-state index contributed by atoms with van der Waals surface area (Å²) < 4.78 is 0. The lowest BCUT2D eigenvalue weighted by atomic mass is 10.4. The van der Waals surface area contributed by atoms with E-state index in [1.165, 1.54) is 7.05 Å². The normalized spacial score (nSPS) is 7.33. The maximum absolute atomic E-state index is 5.30. The molecule has 0 bridgehead atoms. The summed E-state index contributed by atoms with van der Waals surface area (Å²) in [5.74, 6) is 0. The van der Waals surface area contributed by atoms with Gasteiger partial charge in [0, 0.05) is 12.4 Å². The van der Waals surface area contributed by atoms with Crippen LogP contribution in [0.5, 0.6) is 0 Å². The third-order valence-electron chi connectivity index (χ3n) is 0.684. The zero-order valence-corrected chi connectivity index (χ0v) is 5.41. The van der Waals surface area contributed by atoms with Crippen molar-refractivity contribution in [3.63, 3.8) is 0 Å². The Balaban J connectivity index is 0.000000291. The number of pyridine rings is 1. The second-order valence-corrected chi connectivity index (χ2v) is 1.29. The highest BCUT2D eigenvalue weighted by atomic mass is 14.7. The Morgan fingerprint density at radius 3 is 2.33 bits per heavy atom. The van der Waals surface area contributed by atoms with Crippen LogP contribution in [0.1, 0.15) is 0 Å². The molecule has 9 heavy (non-hydrogen) atoms. The minimum Gasteiger partial charge on any atom is -0.397 e. The van der Waals surface area contributed by atoms with Gasteiger partial charge in [-0.05, 0) is 19.2 Å². The molecule has 0 fully saturated rings. The Labute approximate surface area is 54.7 Å². The Kier molecular flexibility index (Phi) is 4.44. The summed E-state index contributed by atoms with van der Waals surface area (Å²) in [6, 6.07) is 3.60. The number of hydrogen-bond acceptors (Lipinski definition) is 3. The Bertz CT molecular complexity index is 138. The first-order valence-electron chi connectivity index (χ1n) is 2.63. The molecule has 0 aliphatic heterocycles. The van der Waals surface area contributed by atoms with Gasteiger partial charge in [0.25, 0.3) is 0 Å². The van der Waals surface area contributed by atoms with Crippen LogP contribution in [-0.4, -0.2) is 12.0 Å². The fourth-order valence-corrected chi connectivity index (χ4v) is 0.376. The smallest absolute Gasteiger partial charge is 0.0500 e. The zero-order chi connectivity index (χ0) is 7.11. The van der Waals surface area contributed by atoms with Crippen molar-refractivity contribution in [1.29, 1.82) is 0 Å². The minimum atomic E-state index is 0.711. The van der Waals surface area contributed by atoms with Gasteiger partial charge in [-0.25, -0.2) is 0 Å². The first kappa shape index (κ1) is 7.91. The summed E-state index contributed by atoms with van der Waals surface area (Å²) in [5.41, 5.74) is 10.5. The molecule has 3 nitrogen and oxygen atoms in total. The summed E-state index contributed by atoms with van der Waals surface area (Å²) in [7, 11) is 1.50. The van der Waals surface area contributed by atoms with Crippen LogP contribution in [0.2, 0.25) is 0 Å². The Morgan fingerprint density at radius 2 is 2.11 bits per heavy atom. The molecule has 0 spiro atoms. The van der Waals surface area contributed by atoms with Gasteiger partial charge >= 0.3 is 0 Å². The molecule has 0 aliphatic rings. The number of rotatable bonds is 0. The topological polar surface area (TPSA) is 64.9 Å². The summed E-state index contributed by atoms with van der Waals surface area (Å²) in [4.78, 5) is 3.76. The van der Waals surface area contributed by atoms with Gasteiger partial charge in [0.2, 0.25) is 0 Å². The molecule has 0 radical (unpaired) electrons. The number of nitrogen functional groups attached to an aromatic ring is 1. The van der Waals surface area contributed by atoms with E-state index in [0.717, 1.165) is 0 Å². The van der Waals surface area contributed by atoms with E-state index in [4.69, 9.17) is 5.73 Å². The predicted octanol–water partition coefficient (Wildman–Crippen LogP) is 0.239. The molecular formula is C6H11N3. The summed E-state index contributed by atoms with van der Waals surface area (Å²) in [6.07, 6.45) is 3.30. The monoisotopic (exact) mass is 125 g/mol. The molecule has 1 aromatic rings. The molecule has 3 heteroatoms. The first-order chi connectivity index (χ1) is 4.39. The fraction of sp³-hybridized carbons (Fsp3) is 0.167. The molecule has 0 amide bonds. The van der Waals surface area contributed by atoms with Crippen molar-refractivity contribution in [2.75, 3.05) is 12.8 Å². The number of anilines is 1. The first-order valence-corrected chi connectivity index (χ1v) is 2.63. The molecule has 1 aromatic heterocycles. The molecule has 0 atom stereocenters. The van der Waals surface area contributed by atoms with Crippen molar-refractivity contribution < 1.29 is 0 Å². The number of nitrogens with two attached hydrogens (primary N) is 2. The van der Waals surface area contributed by atoms with Crippen molar-refractivity contribution in [2.24, 2.45) is 5.73 Å². The van der Waals surface area contributed by atoms with E-state index in [1.54, 1.807) is 24.5 Å². The van der Waals surface area contributed by atoms with Crippen LogP contribution in [0.4, 0.5) is 5.69 Å². The van der Waals surface area contributed by atoms with Crippen molar-refractivity contribution in [3.8, 4) is 0 Å². The van der Waals surface area contributed by atoms with Gasteiger partial charge in [-0.15, -0.1) is 0 Å². The molecule has 0 aromatic carbocycles. The van der Waals surface area contributed by atoms with E-state index in [-0.39, 0.29) is 0 Å². The van der Waals surface area contributed by atoms with Crippen LogP contribution in [0, 0.1) is 0 Å². The van der Waals surface area contributed by atoms with Crippen molar-refractivity contribution in [1.82, 2.24) is 4.98 Å². The molecule has 0 saturated carbocycles. The van der Waals surface area contributed by atoms with Crippen molar-refractivity contribution in [2.45, 2.75) is 0 Å². The van der Waals surface area contributed by atoms with E-state index in [2.05, 4.69) is 10.7 Å². The lowest BCUT2D eigenvalue weighted by molar-refractivity contribution is 1.33. The molecular weight excluding hydrogens is 114 g/mol. The highest BCUT2D eigenvalue weighted by molar-refractivity contribution is 5.32. The van der Waals surface area contributed by atoms with E-state index < -0.39 is 0 Å². The summed E-state index contributed by atoms with van der Waals surface area (Å²) in [5, 5.41) is 0.